The highest BCUT2D eigenvalue weighted by Crippen LogP contribution is 2.56. The first kappa shape index (κ1) is 22.0. The van der Waals surface area contributed by atoms with E-state index in [0.717, 1.165) is 24.2 Å². The molecule has 3 aromatic rings. The molecule has 4 bridgehead atoms. The van der Waals surface area contributed by atoms with Crippen LogP contribution in [-0.4, -0.2) is 16.1 Å². The second kappa shape index (κ2) is 8.40. The van der Waals surface area contributed by atoms with Gasteiger partial charge in [0, 0.05) is 40.9 Å². The molecule has 1 aliphatic heterocycles. The first-order valence-electron chi connectivity index (χ1n) is 14.3. The number of hydrogen-bond acceptors (Lipinski definition) is 2. The van der Waals surface area contributed by atoms with Gasteiger partial charge >= 0.3 is 0 Å². The van der Waals surface area contributed by atoms with E-state index in [2.05, 4.69) is 77.7 Å². The van der Waals surface area contributed by atoms with Crippen molar-refractivity contribution in [3.63, 3.8) is 0 Å². The predicted molar refractivity (Wildman–Crippen MR) is 146 cm³/mol. The van der Waals surface area contributed by atoms with E-state index >= 15 is 0 Å². The molecule has 5 aliphatic rings. The third-order valence-corrected chi connectivity index (χ3v) is 9.99. The summed E-state index contributed by atoms with van der Waals surface area (Å²) in [6, 6.07) is 19.3. The van der Waals surface area contributed by atoms with Gasteiger partial charge in [0.05, 0.1) is 6.04 Å². The van der Waals surface area contributed by atoms with Crippen LogP contribution in [0.25, 0.3) is 10.9 Å². The van der Waals surface area contributed by atoms with Crippen LogP contribution in [0.1, 0.15) is 87.6 Å². The monoisotopic (exact) mass is 467 g/mol. The summed E-state index contributed by atoms with van der Waals surface area (Å²) < 4.78 is 2.44. The summed E-state index contributed by atoms with van der Waals surface area (Å²) >= 11 is 0. The number of nitrogens with one attached hydrogen (secondary N) is 2. The number of nitrogens with zero attached hydrogens (tertiary/aromatic N) is 1. The minimum absolute atomic E-state index is 0.256. The van der Waals surface area contributed by atoms with Gasteiger partial charge in [0.2, 0.25) is 0 Å². The summed E-state index contributed by atoms with van der Waals surface area (Å²) in [6.45, 7) is 2.30. The summed E-state index contributed by atoms with van der Waals surface area (Å²) in [5, 5.41) is 9.59. The SMILES string of the molecule is CCCC[C@H]1Cc2c(n(C)c3ccccc23)[C@H](c2ccc(NC34CC5CC(CC(C5)C3)C4)cc2)N1. The van der Waals surface area contributed by atoms with E-state index in [9.17, 15) is 0 Å². The van der Waals surface area contributed by atoms with Crippen LogP contribution in [0.4, 0.5) is 5.69 Å². The third kappa shape index (κ3) is 3.73. The number of fused-ring (bicyclic) bond motifs is 3. The zero-order valence-corrected chi connectivity index (χ0v) is 21.5. The lowest BCUT2D eigenvalue weighted by Crippen LogP contribution is -2.54. The van der Waals surface area contributed by atoms with Crippen LogP contribution in [0, 0.1) is 17.8 Å². The maximum atomic E-state index is 4.08. The number of hydrogen-bond donors (Lipinski definition) is 2. The van der Waals surface area contributed by atoms with E-state index in [4.69, 9.17) is 0 Å². The van der Waals surface area contributed by atoms with Crippen LogP contribution in [0.3, 0.4) is 0 Å². The van der Waals surface area contributed by atoms with E-state index in [1.54, 1.807) is 5.56 Å². The summed E-state index contributed by atoms with van der Waals surface area (Å²) in [7, 11) is 2.26. The molecule has 3 nitrogen and oxygen atoms in total. The van der Waals surface area contributed by atoms with Crippen molar-refractivity contribution in [2.24, 2.45) is 24.8 Å². The number of aryl methyl sites for hydroxylation is 1. The van der Waals surface area contributed by atoms with Gasteiger partial charge in [0.15, 0.2) is 0 Å². The minimum atomic E-state index is 0.256. The van der Waals surface area contributed by atoms with Crippen molar-refractivity contribution in [2.45, 2.75) is 88.8 Å². The van der Waals surface area contributed by atoms with Gasteiger partial charge in [-0.3, -0.25) is 0 Å². The van der Waals surface area contributed by atoms with Crippen molar-refractivity contribution in [3.8, 4) is 0 Å². The Morgan fingerprint density at radius 2 is 1.63 bits per heavy atom. The zero-order valence-electron chi connectivity index (χ0n) is 21.5. The number of anilines is 1. The summed E-state index contributed by atoms with van der Waals surface area (Å²) in [6.07, 6.45) is 13.6. The highest BCUT2D eigenvalue weighted by atomic mass is 15.1. The van der Waals surface area contributed by atoms with Crippen LogP contribution in [0.5, 0.6) is 0 Å². The maximum Gasteiger partial charge on any atom is 0.0736 e. The second-order valence-corrected chi connectivity index (χ2v) is 12.5. The fourth-order valence-electron chi connectivity index (χ4n) is 8.91. The molecule has 4 aliphatic carbocycles. The van der Waals surface area contributed by atoms with Crippen molar-refractivity contribution in [3.05, 3.63) is 65.4 Å². The quantitative estimate of drug-likeness (QED) is 0.397. The van der Waals surface area contributed by atoms with E-state index in [-0.39, 0.29) is 6.04 Å². The van der Waals surface area contributed by atoms with Gasteiger partial charge in [-0.2, -0.15) is 0 Å². The standard InChI is InChI=1S/C32H41N3/c1-3-4-7-26-17-28-27-8-5-6-9-29(27)35(2)31(28)30(33-26)24-10-12-25(13-11-24)34-32-18-21-14-22(19-32)16-23(15-21)20-32/h5-6,8-13,21-23,26,30,33-34H,3-4,7,14-20H2,1-2H3/t21?,22?,23?,26-,30-,32?/m0/s1. The molecule has 2 N–H and O–H groups in total. The molecule has 2 heterocycles. The molecule has 0 amide bonds. The number of benzene rings is 2. The summed E-state index contributed by atoms with van der Waals surface area (Å²) in [4.78, 5) is 0. The van der Waals surface area contributed by atoms with Gasteiger partial charge in [-0.1, -0.05) is 50.1 Å². The molecule has 0 radical (unpaired) electrons. The first-order chi connectivity index (χ1) is 17.1. The molecule has 2 aromatic carbocycles. The van der Waals surface area contributed by atoms with Crippen molar-refractivity contribution in [1.29, 1.82) is 0 Å². The predicted octanol–water partition coefficient (Wildman–Crippen LogP) is 7.35. The summed E-state index contributed by atoms with van der Waals surface area (Å²) in [5.41, 5.74) is 7.47. The lowest BCUT2D eigenvalue weighted by atomic mass is 9.53. The van der Waals surface area contributed by atoms with Gasteiger partial charge in [0.1, 0.15) is 0 Å². The number of unbranched alkanes of at least 4 members (excludes halogenated alkanes) is 1. The fraction of sp³-hybridized carbons (Fsp3) is 0.562. The highest BCUT2D eigenvalue weighted by Gasteiger charge is 2.50. The van der Waals surface area contributed by atoms with Crippen LogP contribution in [-0.2, 0) is 13.5 Å². The number of para-hydroxylation sites is 1. The summed E-state index contributed by atoms with van der Waals surface area (Å²) in [5.74, 6) is 2.93. The molecule has 35 heavy (non-hydrogen) atoms. The smallest absolute Gasteiger partial charge is 0.0736 e. The Balaban J connectivity index is 1.19. The fourth-order valence-corrected chi connectivity index (χ4v) is 8.91. The van der Waals surface area contributed by atoms with E-state index in [1.807, 2.05) is 0 Å². The van der Waals surface area contributed by atoms with Crippen LogP contribution >= 0.6 is 0 Å². The van der Waals surface area contributed by atoms with Gasteiger partial charge in [-0.15, -0.1) is 0 Å². The normalized spacial score (nSPS) is 33.3. The molecule has 1 aromatic heterocycles. The molecule has 184 valence electrons. The zero-order chi connectivity index (χ0) is 23.6. The maximum absolute atomic E-state index is 4.08. The molecule has 0 spiro atoms. The van der Waals surface area contributed by atoms with Gasteiger partial charge < -0.3 is 15.2 Å². The average molecular weight is 468 g/mol. The molecular formula is C32H41N3. The van der Waals surface area contributed by atoms with Crippen molar-refractivity contribution < 1.29 is 0 Å². The minimum Gasteiger partial charge on any atom is -0.380 e. The highest BCUT2D eigenvalue weighted by molar-refractivity contribution is 5.86. The van der Waals surface area contributed by atoms with Crippen molar-refractivity contribution >= 4 is 16.6 Å². The van der Waals surface area contributed by atoms with Crippen LogP contribution in [0.2, 0.25) is 0 Å². The van der Waals surface area contributed by atoms with Crippen molar-refractivity contribution in [2.75, 3.05) is 5.32 Å². The first-order valence-corrected chi connectivity index (χ1v) is 14.3. The van der Waals surface area contributed by atoms with Crippen LogP contribution < -0.4 is 10.6 Å². The Morgan fingerprint density at radius 3 is 2.31 bits per heavy atom. The third-order valence-electron chi connectivity index (χ3n) is 9.99. The largest absolute Gasteiger partial charge is 0.380 e. The van der Waals surface area contributed by atoms with Gasteiger partial charge in [-0.05, 0) is 98.4 Å². The van der Waals surface area contributed by atoms with Crippen LogP contribution in [0.15, 0.2) is 48.5 Å². The topological polar surface area (TPSA) is 29.0 Å². The Hall–Kier alpha value is -2.26. The van der Waals surface area contributed by atoms with E-state index in [0.29, 0.717) is 11.6 Å². The molecule has 4 fully saturated rings. The Labute approximate surface area is 210 Å². The second-order valence-electron chi connectivity index (χ2n) is 12.5. The van der Waals surface area contributed by atoms with E-state index < -0.39 is 0 Å². The van der Waals surface area contributed by atoms with Gasteiger partial charge in [0.25, 0.3) is 0 Å². The number of aromatic nitrogens is 1. The molecule has 8 rings (SSSR count). The Kier molecular flexibility index (Phi) is 5.28. The van der Waals surface area contributed by atoms with Gasteiger partial charge in [-0.25, -0.2) is 0 Å². The Bertz CT molecular complexity index is 1180. The lowest BCUT2D eigenvalue weighted by Gasteiger charge is -2.57. The Morgan fingerprint density at radius 1 is 0.943 bits per heavy atom. The average Bonchev–Trinajstić information content (AvgIpc) is 3.14. The van der Waals surface area contributed by atoms with E-state index in [1.165, 1.54) is 85.6 Å². The molecule has 3 heteroatoms. The molecule has 2 atom stereocenters. The number of rotatable bonds is 6. The lowest BCUT2D eigenvalue weighted by molar-refractivity contribution is 0.0107. The van der Waals surface area contributed by atoms with Crippen molar-refractivity contribution in [1.82, 2.24) is 9.88 Å². The molecule has 0 unspecified atom stereocenters. The molecule has 4 saturated carbocycles. The molecular weight excluding hydrogens is 426 g/mol. The molecule has 0 saturated heterocycles.